The summed E-state index contributed by atoms with van der Waals surface area (Å²) in [5.41, 5.74) is 3.07. The molecule has 1 N–H and O–H groups in total. The van der Waals surface area contributed by atoms with Crippen molar-refractivity contribution in [3.63, 3.8) is 0 Å². The van der Waals surface area contributed by atoms with Gasteiger partial charge >= 0.3 is 11.6 Å². The SMILES string of the molecule is CCOC(=O)c1c(C)[nH]c(C)c1C(=O)COc1ccc2c(C)cc(=O)oc2c1C. The number of carbonyl (C=O) groups is 2. The number of hydrogen-bond donors (Lipinski definition) is 1. The van der Waals surface area contributed by atoms with Crippen LogP contribution in [0.2, 0.25) is 0 Å². The highest BCUT2D eigenvalue weighted by molar-refractivity contribution is 6.08. The van der Waals surface area contributed by atoms with E-state index in [-0.39, 0.29) is 30.1 Å². The maximum absolute atomic E-state index is 12.8. The van der Waals surface area contributed by atoms with Crippen molar-refractivity contribution in [2.24, 2.45) is 0 Å². The third kappa shape index (κ3) is 3.81. The summed E-state index contributed by atoms with van der Waals surface area (Å²) in [6, 6.07) is 4.95. The predicted octanol–water partition coefficient (Wildman–Crippen LogP) is 3.79. The summed E-state index contributed by atoms with van der Waals surface area (Å²) in [6.07, 6.45) is 0. The van der Waals surface area contributed by atoms with Crippen LogP contribution in [0, 0.1) is 27.7 Å². The molecular formula is C22H23NO6. The number of rotatable bonds is 6. The molecule has 0 bridgehead atoms. The molecule has 0 fully saturated rings. The lowest BCUT2D eigenvalue weighted by Gasteiger charge is -2.11. The van der Waals surface area contributed by atoms with Crippen LogP contribution in [0.25, 0.3) is 11.0 Å². The molecule has 0 atom stereocenters. The van der Waals surface area contributed by atoms with Gasteiger partial charge in [0.1, 0.15) is 11.3 Å². The normalized spacial score (nSPS) is 10.9. The van der Waals surface area contributed by atoms with Crippen LogP contribution in [0.3, 0.4) is 0 Å². The molecule has 0 aliphatic carbocycles. The summed E-state index contributed by atoms with van der Waals surface area (Å²) in [5, 5.41) is 0.808. The van der Waals surface area contributed by atoms with Crippen LogP contribution in [-0.2, 0) is 4.74 Å². The Morgan fingerprint density at radius 2 is 1.76 bits per heavy atom. The summed E-state index contributed by atoms with van der Waals surface area (Å²) in [5.74, 6) is -0.459. The minimum absolute atomic E-state index is 0.216. The Balaban J connectivity index is 1.90. The van der Waals surface area contributed by atoms with Gasteiger partial charge in [-0.2, -0.15) is 0 Å². The number of aryl methyl sites for hydroxylation is 4. The average Bonchev–Trinajstić information content (AvgIpc) is 2.95. The average molecular weight is 397 g/mol. The lowest BCUT2D eigenvalue weighted by molar-refractivity contribution is 0.0522. The van der Waals surface area contributed by atoms with Crippen LogP contribution in [-0.4, -0.2) is 30.0 Å². The minimum Gasteiger partial charge on any atom is -0.485 e. The van der Waals surface area contributed by atoms with Crippen molar-refractivity contribution in [1.29, 1.82) is 0 Å². The number of fused-ring (bicyclic) bond motifs is 1. The molecule has 2 aromatic heterocycles. The van der Waals surface area contributed by atoms with Crippen molar-refractivity contribution < 1.29 is 23.5 Å². The summed E-state index contributed by atoms with van der Waals surface area (Å²) in [6.45, 7) is 8.69. The van der Waals surface area contributed by atoms with Crippen LogP contribution >= 0.6 is 0 Å². The number of Topliss-reactive ketones (excluding diaryl/α,β-unsaturated/α-hetero) is 1. The first-order valence-corrected chi connectivity index (χ1v) is 9.30. The molecule has 0 saturated heterocycles. The molecule has 3 rings (SSSR count). The van der Waals surface area contributed by atoms with E-state index in [1.165, 1.54) is 6.07 Å². The second-order valence-electron chi connectivity index (χ2n) is 6.87. The molecule has 7 nitrogen and oxygen atoms in total. The highest BCUT2D eigenvalue weighted by Crippen LogP contribution is 2.28. The van der Waals surface area contributed by atoms with Gasteiger partial charge in [0.15, 0.2) is 6.61 Å². The summed E-state index contributed by atoms with van der Waals surface area (Å²) in [4.78, 5) is 39.8. The molecule has 3 aromatic rings. The van der Waals surface area contributed by atoms with Crippen molar-refractivity contribution in [2.45, 2.75) is 34.6 Å². The van der Waals surface area contributed by atoms with Crippen molar-refractivity contribution >= 4 is 22.7 Å². The lowest BCUT2D eigenvalue weighted by Crippen LogP contribution is -2.17. The smallest absolute Gasteiger partial charge is 0.340 e. The Bertz CT molecular complexity index is 1170. The van der Waals surface area contributed by atoms with Gasteiger partial charge in [-0.25, -0.2) is 9.59 Å². The van der Waals surface area contributed by atoms with Gasteiger partial charge in [0, 0.05) is 28.4 Å². The Morgan fingerprint density at radius 1 is 1.07 bits per heavy atom. The van der Waals surface area contributed by atoms with Gasteiger partial charge in [-0.15, -0.1) is 0 Å². The largest absolute Gasteiger partial charge is 0.485 e. The van der Waals surface area contributed by atoms with Gasteiger partial charge in [-0.05, 0) is 52.3 Å². The highest BCUT2D eigenvalue weighted by atomic mass is 16.5. The number of esters is 1. The lowest BCUT2D eigenvalue weighted by atomic mass is 10.0. The number of H-pyrrole nitrogens is 1. The first-order valence-electron chi connectivity index (χ1n) is 9.30. The van der Waals surface area contributed by atoms with Crippen molar-refractivity contribution in [3.05, 3.63) is 62.3 Å². The molecule has 0 spiro atoms. The highest BCUT2D eigenvalue weighted by Gasteiger charge is 2.25. The zero-order valence-electron chi connectivity index (χ0n) is 17.1. The monoisotopic (exact) mass is 397 g/mol. The van der Waals surface area contributed by atoms with Gasteiger partial charge in [0.05, 0.1) is 17.7 Å². The molecule has 0 aliphatic rings. The van der Waals surface area contributed by atoms with Crippen LogP contribution < -0.4 is 10.4 Å². The van der Waals surface area contributed by atoms with E-state index >= 15 is 0 Å². The maximum atomic E-state index is 12.8. The van der Waals surface area contributed by atoms with E-state index in [0.29, 0.717) is 28.3 Å². The number of carbonyl (C=O) groups excluding carboxylic acids is 2. The predicted molar refractivity (Wildman–Crippen MR) is 108 cm³/mol. The van der Waals surface area contributed by atoms with Crippen molar-refractivity contribution in [3.8, 4) is 5.75 Å². The standard InChI is InChI=1S/C22H23NO6/c1-6-27-22(26)20-14(5)23-13(4)19(20)16(24)10-28-17-8-7-15-11(2)9-18(25)29-21(15)12(17)3/h7-9,23H,6,10H2,1-5H3. The molecule has 2 heterocycles. The molecule has 0 radical (unpaired) electrons. The van der Waals surface area contributed by atoms with E-state index in [0.717, 1.165) is 10.9 Å². The number of benzene rings is 1. The maximum Gasteiger partial charge on any atom is 0.340 e. The fraction of sp³-hybridized carbons (Fsp3) is 0.318. The second kappa shape index (κ2) is 7.95. The number of hydrogen-bond acceptors (Lipinski definition) is 6. The van der Waals surface area contributed by atoms with Gasteiger partial charge in [0.25, 0.3) is 0 Å². The Morgan fingerprint density at radius 3 is 2.45 bits per heavy atom. The zero-order valence-corrected chi connectivity index (χ0v) is 17.1. The third-order valence-electron chi connectivity index (χ3n) is 4.81. The van der Waals surface area contributed by atoms with E-state index < -0.39 is 11.6 Å². The number of ketones is 1. The first kappa shape index (κ1) is 20.4. The molecule has 0 aliphatic heterocycles. The van der Waals surface area contributed by atoms with Crippen LogP contribution in [0.5, 0.6) is 5.75 Å². The van der Waals surface area contributed by atoms with E-state index in [1.54, 1.807) is 39.8 Å². The van der Waals surface area contributed by atoms with E-state index in [2.05, 4.69) is 4.98 Å². The van der Waals surface area contributed by atoms with Gasteiger partial charge < -0.3 is 18.9 Å². The number of aromatic amines is 1. The molecule has 0 saturated carbocycles. The second-order valence-corrected chi connectivity index (χ2v) is 6.87. The molecular weight excluding hydrogens is 374 g/mol. The Labute approximate surface area is 167 Å². The number of ether oxygens (including phenoxy) is 2. The van der Waals surface area contributed by atoms with E-state index in [4.69, 9.17) is 13.9 Å². The molecule has 7 heteroatoms. The fourth-order valence-corrected chi connectivity index (χ4v) is 3.46. The van der Waals surface area contributed by atoms with Crippen LogP contribution in [0.1, 0.15) is 50.2 Å². The van der Waals surface area contributed by atoms with Gasteiger partial charge in [-0.3, -0.25) is 4.79 Å². The summed E-state index contributed by atoms with van der Waals surface area (Å²) in [7, 11) is 0. The van der Waals surface area contributed by atoms with Crippen molar-refractivity contribution in [2.75, 3.05) is 13.2 Å². The Hall–Kier alpha value is -3.35. The number of nitrogens with one attached hydrogen (secondary N) is 1. The molecule has 0 unspecified atom stereocenters. The summed E-state index contributed by atoms with van der Waals surface area (Å²) >= 11 is 0. The first-order chi connectivity index (χ1) is 13.7. The van der Waals surface area contributed by atoms with Gasteiger partial charge in [-0.1, -0.05) is 0 Å². The van der Waals surface area contributed by atoms with E-state index in [9.17, 15) is 14.4 Å². The molecule has 0 amide bonds. The summed E-state index contributed by atoms with van der Waals surface area (Å²) < 4.78 is 16.1. The quantitative estimate of drug-likeness (QED) is 0.386. The molecule has 152 valence electrons. The van der Waals surface area contributed by atoms with Crippen LogP contribution in [0.15, 0.2) is 27.4 Å². The van der Waals surface area contributed by atoms with Crippen molar-refractivity contribution in [1.82, 2.24) is 4.98 Å². The third-order valence-corrected chi connectivity index (χ3v) is 4.81. The minimum atomic E-state index is -0.545. The Kier molecular flexibility index (Phi) is 5.59. The zero-order chi connectivity index (χ0) is 21.3. The number of aromatic nitrogens is 1. The van der Waals surface area contributed by atoms with E-state index in [1.807, 2.05) is 6.92 Å². The molecule has 1 aromatic carbocycles. The van der Waals surface area contributed by atoms with Crippen LogP contribution in [0.4, 0.5) is 0 Å². The van der Waals surface area contributed by atoms with Gasteiger partial charge in [0.2, 0.25) is 5.78 Å². The topological polar surface area (TPSA) is 98.6 Å². The molecule has 29 heavy (non-hydrogen) atoms. The fourth-order valence-electron chi connectivity index (χ4n) is 3.46.